The van der Waals surface area contributed by atoms with Crippen LogP contribution in [-0.4, -0.2) is 39.0 Å². The second-order valence-electron chi connectivity index (χ2n) is 4.36. The predicted octanol–water partition coefficient (Wildman–Crippen LogP) is 2.58. The van der Waals surface area contributed by atoms with Crippen LogP contribution in [0.5, 0.6) is 6.01 Å². The molecule has 0 N–H and O–H groups in total. The first-order valence-corrected chi connectivity index (χ1v) is 7.17. The lowest BCUT2D eigenvalue weighted by molar-refractivity contribution is 0.127. The molecule has 1 saturated heterocycles. The Balaban J connectivity index is 2.09. The zero-order valence-corrected chi connectivity index (χ0v) is 12.2. The molecule has 1 aromatic heterocycles. The van der Waals surface area contributed by atoms with Crippen molar-refractivity contribution in [1.29, 1.82) is 0 Å². The van der Waals surface area contributed by atoms with Crippen LogP contribution in [0.15, 0.2) is 5.16 Å². The Hall–Kier alpha value is -0.590. The van der Waals surface area contributed by atoms with E-state index in [4.69, 9.17) is 21.1 Å². The number of hydrogen-bond donors (Lipinski definition) is 0. The maximum Gasteiger partial charge on any atom is 0.321 e. The van der Waals surface area contributed by atoms with Gasteiger partial charge in [0.05, 0.1) is 12.2 Å². The van der Waals surface area contributed by atoms with Gasteiger partial charge in [-0.25, -0.2) is 0 Å². The van der Waals surface area contributed by atoms with Gasteiger partial charge in [-0.05, 0) is 38.8 Å². The number of aromatic nitrogens is 3. The van der Waals surface area contributed by atoms with Crippen LogP contribution in [0, 0.1) is 0 Å². The number of nitrogens with zero attached hydrogens (tertiary/aromatic N) is 3. The first-order valence-electron chi connectivity index (χ1n) is 5.91. The molecule has 1 aliphatic rings. The molecular weight excluding hydrogens is 274 g/mol. The third-order valence-electron chi connectivity index (χ3n) is 2.47. The Morgan fingerprint density at radius 2 is 2.17 bits per heavy atom. The van der Waals surface area contributed by atoms with Crippen LogP contribution < -0.4 is 4.74 Å². The number of hydrogen-bond acceptors (Lipinski definition) is 6. The first-order chi connectivity index (χ1) is 8.54. The Bertz CT molecular complexity index is 419. The van der Waals surface area contributed by atoms with E-state index in [0.717, 1.165) is 13.0 Å². The zero-order valence-electron chi connectivity index (χ0n) is 10.6. The SMILES string of the molecule is CC(C)Oc1nc(Cl)nc(SC2CCOC2C)n1. The Morgan fingerprint density at radius 3 is 2.78 bits per heavy atom. The molecule has 5 nitrogen and oxygen atoms in total. The highest BCUT2D eigenvalue weighted by Gasteiger charge is 2.26. The van der Waals surface area contributed by atoms with Crippen LogP contribution in [0.4, 0.5) is 0 Å². The van der Waals surface area contributed by atoms with E-state index in [0.29, 0.717) is 10.4 Å². The van der Waals surface area contributed by atoms with Crippen molar-refractivity contribution >= 4 is 23.4 Å². The Morgan fingerprint density at radius 1 is 1.39 bits per heavy atom. The zero-order chi connectivity index (χ0) is 13.1. The molecule has 0 aliphatic carbocycles. The summed E-state index contributed by atoms with van der Waals surface area (Å²) in [7, 11) is 0. The van der Waals surface area contributed by atoms with E-state index in [1.54, 1.807) is 11.8 Å². The summed E-state index contributed by atoms with van der Waals surface area (Å²) in [5.74, 6) is 0. The second-order valence-corrected chi connectivity index (χ2v) is 5.90. The number of thioether (sulfide) groups is 1. The Kier molecular flexibility index (Phi) is 4.64. The largest absolute Gasteiger partial charge is 0.461 e. The summed E-state index contributed by atoms with van der Waals surface area (Å²) < 4.78 is 10.9. The van der Waals surface area contributed by atoms with Crippen LogP contribution in [0.1, 0.15) is 27.2 Å². The summed E-state index contributed by atoms with van der Waals surface area (Å²) in [5.41, 5.74) is 0. The van der Waals surface area contributed by atoms with Gasteiger partial charge in [-0.15, -0.1) is 0 Å². The molecular formula is C11H16ClN3O2S. The van der Waals surface area contributed by atoms with Gasteiger partial charge in [-0.3, -0.25) is 0 Å². The highest BCUT2D eigenvalue weighted by molar-refractivity contribution is 7.99. The third kappa shape index (κ3) is 3.70. The fourth-order valence-electron chi connectivity index (χ4n) is 1.63. The minimum Gasteiger partial charge on any atom is -0.461 e. The van der Waals surface area contributed by atoms with Crippen molar-refractivity contribution in [3.8, 4) is 6.01 Å². The number of ether oxygens (including phenoxy) is 2. The van der Waals surface area contributed by atoms with E-state index in [1.165, 1.54) is 0 Å². The van der Waals surface area contributed by atoms with Crippen LogP contribution in [-0.2, 0) is 4.74 Å². The lowest BCUT2D eigenvalue weighted by Gasteiger charge is -2.13. The van der Waals surface area contributed by atoms with Gasteiger partial charge in [0.1, 0.15) is 0 Å². The molecule has 1 fully saturated rings. The predicted molar refractivity (Wildman–Crippen MR) is 70.3 cm³/mol. The molecule has 0 amide bonds. The molecule has 0 saturated carbocycles. The van der Waals surface area contributed by atoms with Crippen LogP contribution >= 0.6 is 23.4 Å². The minimum atomic E-state index is 0.00931. The molecule has 7 heteroatoms. The smallest absolute Gasteiger partial charge is 0.321 e. The van der Waals surface area contributed by atoms with Gasteiger partial charge in [0.2, 0.25) is 5.28 Å². The fraction of sp³-hybridized carbons (Fsp3) is 0.727. The van der Waals surface area contributed by atoms with Crippen molar-refractivity contribution in [3.63, 3.8) is 0 Å². The summed E-state index contributed by atoms with van der Waals surface area (Å²) in [6.45, 7) is 6.67. The van der Waals surface area contributed by atoms with Gasteiger partial charge in [-0.2, -0.15) is 15.0 Å². The molecule has 0 spiro atoms. The van der Waals surface area contributed by atoms with Gasteiger partial charge in [0.15, 0.2) is 5.16 Å². The molecule has 1 aliphatic heterocycles. The molecule has 1 aromatic rings. The van der Waals surface area contributed by atoms with Crippen LogP contribution in [0.2, 0.25) is 5.28 Å². The molecule has 2 rings (SSSR count). The number of rotatable bonds is 4. The van der Waals surface area contributed by atoms with Gasteiger partial charge >= 0.3 is 6.01 Å². The monoisotopic (exact) mass is 289 g/mol. The maximum atomic E-state index is 5.87. The fourth-order valence-corrected chi connectivity index (χ4v) is 2.86. The van der Waals surface area contributed by atoms with E-state index in [2.05, 4.69) is 21.9 Å². The summed E-state index contributed by atoms with van der Waals surface area (Å²) in [6.07, 6.45) is 1.21. The number of halogens is 1. The molecule has 0 radical (unpaired) electrons. The summed E-state index contributed by atoms with van der Waals surface area (Å²) in [5, 5.41) is 1.11. The summed E-state index contributed by atoms with van der Waals surface area (Å²) in [4.78, 5) is 12.3. The highest BCUT2D eigenvalue weighted by atomic mass is 35.5. The third-order valence-corrected chi connectivity index (χ3v) is 3.96. The van der Waals surface area contributed by atoms with Crippen LogP contribution in [0.3, 0.4) is 0 Å². The van der Waals surface area contributed by atoms with Crippen molar-refractivity contribution in [1.82, 2.24) is 15.0 Å². The topological polar surface area (TPSA) is 57.1 Å². The Labute approximate surface area is 116 Å². The van der Waals surface area contributed by atoms with E-state index in [9.17, 15) is 0 Å². The standard InChI is InChI=1S/C11H16ClN3O2S/c1-6(2)17-10-13-9(12)14-11(15-10)18-8-4-5-16-7(8)3/h6-8H,4-5H2,1-3H3. The maximum absolute atomic E-state index is 5.87. The quantitative estimate of drug-likeness (QED) is 0.849. The molecule has 18 heavy (non-hydrogen) atoms. The molecule has 2 unspecified atom stereocenters. The van der Waals surface area contributed by atoms with E-state index in [1.807, 2.05) is 13.8 Å². The van der Waals surface area contributed by atoms with E-state index in [-0.39, 0.29) is 23.5 Å². The molecule has 0 aromatic carbocycles. The molecule has 2 atom stereocenters. The highest BCUT2D eigenvalue weighted by Crippen LogP contribution is 2.31. The summed E-state index contributed by atoms with van der Waals surface area (Å²) >= 11 is 7.43. The van der Waals surface area contributed by atoms with Crippen molar-refractivity contribution in [3.05, 3.63) is 5.28 Å². The average Bonchev–Trinajstić information content (AvgIpc) is 2.62. The second kappa shape index (κ2) is 6.04. The van der Waals surface area contributed by atoms with Gasteiger partial charge in [-0.1, -0.05) is 11.8 Å². The van der Waals surface area contributed by atoms with Crippen molar-refractivity contribution in [2.24, 2.45) is 0 Å². The minimum absolute atomic E-state index is 0.00931. The van der Waals surface area contributed by atoms with E-state index < -0.39 is 0 Å². The van der Waals surface area contributed by atoms with Crippen molar-refractivity contribution in [2.45, 2.75) is 49.8 Å². The molecule has 0 bridgehead atoms. The first kappa shape index (κ1) is 13.8. The van der Waals surface area contributed by atoms with E-state index >= 15 is 0 Å². The van der Waals surface area contributed by atoms with Gasteiger partial charge in [0, 0.05) is 11.9 Å². The van der Waals surface area contributed by atoms with Crippen molar-refractivity contribution in [2.75, 3.05) is 6.61 Å². The lowest BCUT2D eigenvalue weighted by Crippen LogP contribution is -2.14. The summed E-state index contributed by atoms with van der Waals surface area (Å²) in [6, 6.07) is 0.277. The molecule has 2 heterocycles. The van der Waals surface area contributed by atoms with Gasteiger partial charge in [0.25, 0.3) is 0 Å². The normalized spacial score (nSPS) is 23.6. The van der Waals surface area contributed by atoms with Crippen molar-refractivity contribution < 1.29 is 9.47 Å². The average molecular weight is 290 g/mol. The van der Waals surface area contributed by atoms with Crippen LogP contribution in [0.25, 0.3) is 0 Å². The lowest BCUT2D eigenvalue weighted by atomic mass is 10.3. The van der Waals surface area contributed by atoms with Gasteiger partial charge < -0.3 is 9.47 Å². The molecule has 100 valence electrons.